The molecule has 2 saturated carbocycles. The first-order valence-electron chi connectivity index (χ1n) is 41.5. The summed E-state index contributed by atoms with van der Waals surface area (Å²) in [7, 11) is 0. The predicted molar refractivity (Wildman–Crippen MR) is 427 cm³/mol. The predicted octanol–water partition coefficient (Wildman–Crippen LogP) is 21.0. The standard InChI is InChI=1S/C14H26O3.C13H24O3.C11H20O3.C10H18O3.C10H20O3.C10H20O2.C9H18O3.C9H18O2/c1-5-14(3,4)13(15)17-11(2)16-12-9-7-6-8-10-12;1-4-10(2)13(14)16-11(3)15-12-8-6-5-7-9-12;1-4-11(2,3)10(12)14-9-7-5-6-8-13-9;1-3-8(2)10(11)13-9-6-4-5-7-12-9;1-6-10(4,5)9(11)13-8(3)12-7-2;1-7-10(5,6)8(11)12-9(2,3)4;1-5-7(3)9(10)12-8(4)11-6-2;1-6-7(2)8(10)11-9(3,4)5/h11-12H,5-10H2,1-4H3;10-12H,4-9H2,1-3H3;9H,4-8H2,1-3H3;8-9H,3-7H2,1-2H3;8H,6-7H2,1-5H3;7H2,1-6H3;7-8H,5-6H2,1-4H3;7H,6H2,1-5H3. The van der Waals surface area contributed by atoms with Gasteiger partial charge in [-0.2, -0.15) is 0 Å². The summed E-state index contributed by atoms with van der Waals surface area (Å²) in [5.74, 6) is -1.23. The summed E-state index contributed by atoms with van der Waals surface area (Å²) < 4.78 is 73.8. The minimum absolute atomic E-state index is 0.00877. The summed E-state index contributed by atoms with van der Waals surface area (Å²) in [5.41, 5.74) is -2.28. The first-order chi connectivity index (χ1) is 50.0. The molecule has 0 aromatic heterocycles. The van der Waals surface area contributed by atoms with Gasteiger partial charge in [0.15, 0.2) is 25.2 Å². The van der Waals surface area contributed by atoms with Crippen molar-refractivity contribution in [3.8, 4) is 0 Å². The lowest BCUT2D eigenvalue weighted by atomic mass is 9.90. The third-order valence-electron chi connectivity index (χ3n) is 19.2. The fourth-order valence-corrected chi connectivity index (χ4v) is 8.91. The van der Waals surface area contributed by atoms with Crippen LogP contribution >= 0.6 is 0 Å². The number of ether oxygens (including phenoxy) is 14. The molecule has 4 fully saturated rings. The molecule has 2 aliphatic heterocycles. The Hall–Kier alpha value is -4.48. The van der Waals surface area contributed by atoms with Crippen LogP contribution in [0.25, 0.3) is 0 Å². The fraction of sp³-hybridized carbons (Fsp3) is 0.907. The molecule has 10 atom stereocenters. The summed E-state index contributed by atoms with van der Waals surface area (Å²) in [4.78, 5) is 91.7. The summed E-state index contributed by atoms with van der Waals surface area (Å²) in [6.45, 7) is 63.2. The van der Waals surface area contributed by atoms with Gasteiger partial charge in [0, 0.05) is 26.1 Å². The van der Waals surface area contributed by atoms with Crippen molar-refractivity contribution in [1.29, 1.82) is 0 Å². The Kier molecular flexibility index (Phi) is 60.3. The highest BCUT2D eigenvalue weighted by atomic mass is 16.7. The van der Waals surface area contributed by atoms with Gasteiger partial charge in [0.2, 0.25) is 12.6 Å². The number of hydrogen-bond acceptors (Lipinski definition) is 22. The second-order valence-electron chi connectivity index (χ2n) is 33.3. The van der Waals surface area contributed by atoms with E-state index < -0.39 is 36.0 Å². The van der Waals surface area contributed by atoms with Crippen LogP contribution in [0.5, 0.6) is 0 Å². The van der Waals surface area contributed by atoms with Crippen LogP contribution in [0.3, 0.4) is 0 Å². The monoisotopic (exact) mass is 1550 g/mol. The van der Waals surface area contributed by atoms with E-state index in [0.29, 0.717) is 19.8 Å². The van der Waals surface area contributed by atoms with E-state index >= 15 is 0 Å². The van der Waals surface area contributed by atoms with Gasteiger partial charge in [0.1, 0.15) is 11.2 Å². The lowest BCUT2D eigenvalue weighted by Crippen LogP contribution is -2.33. The molecule has 10 unspecified atom stereocenters. The van der Waals surface area contributed by atoms with Gasteiger partial charge in [0.05, 0.1) is 70.8 Å². The molecule has 0 aromatic carbocycles. The maximum Gasteiger partial charge on any atom is 0.313 e. The molecule has 108 heavy (non-hydrogen) atoms. The first-order valence-corrected chi connectivity index (χ1v) is 41.5. The minimum Gasteiger partial charge on any atom is -0.460 e. The zero-order valence-electron chi connectivity index (χ0n) is 74.7. The van der Waals surface area contributed by atoms with Gasteiger partial charge in [-0.05, 0) is 241 Å². The summed E-state index contributed by atoms with van der Waals surface area (Å²) in [5, 5.41) is 0. The summed E-state index contributed by atoms with van der Waals surface area (Å²) in [6.07, 6.45) is 22.7. The number of carbonyl (C=O) groups is 8. The number of carbonyl (C=O) groups excluding carboxylic acids is 8. The van der Waals surface area contributed by atoms with Crippen LogP contribution < -0.4 is 0 Å². The Labute approximate surface area is 658 Å². The van der Waals surface area contributed by atoms with Crippen molar-refractivity contribution in [1.82, 2.24) is 0 Å². The Balaban J connectivity index is -0.000000575. The molecular weight excluding hydrogens is 1380 g/mol. The van der Waals surface area contributed by atoms with E-state index in [4.69, 9.17) is 66.3 Å². The van der Waals surface area contributed by atoms with Crippen LogP contribution in [0.1, 0.15) is 376 Å². The lowest BCUT2D eigenvalue weighted by molar-refractivity contribution is -0.197. The van der Waals surface area contributed by atoms with Crippen molar-refractivity contribution >= 4 is 47.8 Å². The third-order valence-corrected chi connectivity index (χ3v) is 19.2. The van der Waals surface area contributed by atoms with Gasteiger partial charge < -0.3 is 66.3 Å². The van der Waals surface area contributed by atoms with Crippen LogP contribution in [0.4, 0.5) is 0 Å². The van der Waals surface area contributed by atoms with Gasteiger partial charge in [-0.15, -0.1) is 0 Å². The molecular formula is C86H164O22. The van der Waals surface area contributed by atoms with E-state index in [2.05, 4.69) is 0 Å². The van der Waals surface area contributed by atoms with Gasteiger partial charge >= 0.3 is 47.8 Å². The molecule has 4 aliphatic rings. The van der Waals surface area contributed by atoms with Crippen LogP contribution in [0.15, 0.2) is 0 Å². The Morgan fingerprint density at radius 3 is 0.926 bits per heavy atom. The Bertz CT molecular complexity index is 2370. The third kappa shape index (κ3) is 55.9. The summed E-state index contributed by atoms with van der Waals surface area (Å²) in [6, 6.07) is 0. The van der Waals surface area contributed by atoms with Crippen molar-refractivity contribution in [3.63, 3.8) is 0 Å². The molecule has 2 aliphatic carbocycles. The molecule has 2 saturated heterocycles. The molecule has 0 N–H and O–H groups in total. The van der Waals surface area contributed by atoms with Gasteiger partial charge in [-0.25, -0.2) is 0 Å². The van der Waals surface area contributed by atoms with Crippen molar-refractivity contribution in [2.45, 2.75) is 437 Å². The Morgan fingerprint density at radius 1 is 0.315 bits per heavy atom. The van der Waals surface area contributed by atoms with Gasteiger partial charge in [0.25, 0.3) is 0 Å². The SMILES string of the molecule is CCC(C)(C)C(=O)OC(C)(C)C.CCC(C)(C)C(=O)OC(C)OC1CCCCC1.CCC(C)(C)C(=O)OC1CCCCO1.CCC(C)C(=O)OC(C)(C)C.CCC(C)C(=O)OC(C)OC1CCCCC1.CCC(C)C(=O)OC1CCCCO1.CCOC(C)OC(=O)C(C)(C)CC.CCOC(C)OC(=O)C(C)CC. The van der Waals surface area contributed by atoms with Crippen molar-refractivity contribution < 1.29 is 105 Å². The van der Waals surface area contributed by atoms with E-state index in [0.717, 1.165) is 122 Å². The van der Waals surface area contributed by atoms with Crippen molar-refractivity contribution in [2.75, 3.05) is 26.4 Å². The first kappa shape index (κ1) is 110. The zero-order chi connectivity index (χ0) is 84.2. The molecule has 0 aromatic rings. The zero-order valence-corrected chi connectivity index (χ0v) is 74.7. The van der Waals surface area contributed by atoms with E-state index in [1.807, 2.05) is 208 Å². The van der Waals surface area contributed by atoms with Crippen LogP contribution in [0.2, 0.25) is 0 Å². The van der Waals surface area contributed by atoms with Crippen LogP contribution in [-0.2, 0) is 105 Å². The smallest absolute Gasteiger partial charge is 0.313 e. The van der Waals surface area contributed by atoms with Crippen molar-refractivity contribution in [3.05, 3.63) is 0 Å². The minimum atomic E-state index is -0.441. The van der Waals surface area contributed by atoms with Gasteiger partial charge in [-0.3, -0.25) is 38.4 Å². The maximum absolute atomic E-state index is 11.8. The quantitative estimate of drug-likeness (QED) is 0.0367. The van der Waals surface area contributed by atoms with Gasteiger partial charge in [-0.1, -0.05) is 122 Å². The number of esters is 8. The molecule has 0 spiro atoms. The topological polar surface area (TPSA) is 266 Å². The molecule has 0 radical (unpaired) electrons. The molecule has 0 amide bonds. The Morgan fingerprint density at radius 2 is 0.602 bits per heavy atom. The van der Waals surface area contributed by atoms with Crippen molar-refractivity contribution in [2.24, 2.45) is 45.3 Å². The van der Waals surface area contributed by atoms with E-state index in [1.165, 1.54) is 38.5 Å². The van der Waals surface area contributed by atoms with Crippen LogP contribution in [-0.4, -0.2) is 135 Å². The highest BCUT2D eigenvalue weighted by Gasteiger charge is 2.34. The average Bonchev–Trinajstić information content (AvgIpc) is 0.886. The fourth-order valence-electron chi connectivity index (χ4n) is 8.91. The molecule has 0 bridgehead atoms. The number of rotatable bonds is 30. The molecule has 22 nitrogen and oxygen atoms in total. The lowest BCUT2D eigenvalue weighted by Gasteiger charge is -2.28. The highest BCUT2D eigenvalue weighted by molar-refractivity contribution is 5.77. The maximum atomic E-state index is 11.8. The molecule has 640 valence electrons. The molecule has 4 rings (SSSR count). The summed E-state index contributed by atoms with van der Waals surface area (Å²) >= 11 is 0. The second-order valence-corrected chi connectivity index (χ2v) is 33.3. The second kappa shape index (κ2) is 59.3. The largest absolute Gasteiger partial charge is 0.460 e. The van der Waals surface area contributed by atoms with E-state index in [9.17, 15) is 38.4 Å². The molecule has 22 heteroatoms. The van der Waals surface area contributed by atoms with E-state index in [1.54, 1.807) is 13.8 Å². The normalized spacial score (nSPS) is 18.6. The van der Waals surface area contributed by atoms with Crippen LogP contribution in [0, 0.1) is 45.3 Å². The number of hydrogen-bond donors (Lipinski definition) is 0. The molecule has 2 heterocycles. The van der Waals surface area contributed by atoms with E-state index in [-0.39, 0.29) is 118 Å². The highest BCUT2D eigenvalue weighted by Crippen LogP contribution is 2.29. The average molecular weight is 1550 g/mol.